The average molecular weight is 909 g/mol. The van der Waals surface area contributed by atoms with Gasteiger partial charge in [0.05, 0.1) is 45.3 Å². The van der Waals surface area contributed by atoms with Crippen LogP contribution in [0.1, 0.15) is 43.3 Å². The van der Waals surface area contributed by atoms with Gasteiger partial charge in [-0.2, -0.15) is 0 Å². The molecule has 2 aromatic rings. The highest BCUT2D eigenvalue weighted by Gasteiger charge is 2.41. The van der Waals surface area contributed by atoms with Crippen LogP contribution in [0.2, 0.25) is 0 Å². The molecule has 0 bridgehead atoms. The van der Waals surface area contributed by atoms with Crippen LogP contribution >= 0.6 is 30.5 Å². The lowest BCUT2D eigenvalue weighted by Crippen LogP contribution is -2.39. The molecule has 0 radical (unpaired) electrons. The molecule has 58 heavy (non-hydrogen) atoms. The molecule has 3 saturated heterocycles. The molecule has 5 heterocycles. The number of nitrogens with one attached hydrogen (secondary N) is 2. The van der Waals surface area contributed by atoms with E-state index in [4.69, 9.17) is 31.9 Å². The number of aromatic nitrogens is 4. The van der Waals surface area contributed by atoms with E-state index in [-0.39, 0.29) is 38.1 Å². The second-order valence-electron chi connectivity index (χ2n) is 13.5. The first-order chi connectivity index (χ1) is 26.8. The highest BCUT2D eigenvalue weighted by molar-refractivity contribution is 7.72. The molecule has 25 nitrogen and oxygen atoms in total. The Labute approximate surface area is 329 Å². The summed E-state index contributed by atoms with van der Waals surface area (Å²) in [7, 11) is -16.7. The van der Waals surface area contributed by atoms with Crippen LogP contribution in [-0.2, 0) is 59.5 Å². The van der Waals surface area contributed by atoms with Gasteiger partial charge in [-0.15, -0.1) is 0 Å². The van der Waals surface area contributed by atoms with Crippen LogP contribution in [0.5, 0.6) is 0 Å². The van der Waals surface area contributed by atoms with Crippen molar-refractivity contribution >= 4 is 36.5 Å². The summed E-state index contributed by atoms with van der Waals surface area (Å²) in [6.07, 6.45) is -3.15. The number of morpholine rings is 1. The lowest BCUT2D eigenvalue weighted by atomic mass is 10.2. The lowest BCUT2D eigenvalue weighted by molar-refractivity contribution is -0.218. The van der Waals surface area contributed by atoms with E-state index < -0.39 is 102 Å². The molecule has 3 aliphatic rings. The highest BCUT2D eigenvalue weighted by atomic mass is 31.3. The van der Waals surface area contributed by atoms with Crippen LogP contribution in [0.25, 0.3) is 0 Å². The first-order valence-corrected chi connectivity index (χ1v) is 24.8. The summed E-state index contributed by atoms with van der Waals surface area (Å²) in [6.45, 7) is 6.90. The average Bonchev–Trinajstić information content (AvgIpc) is 3.66. The normalized spacial score (nSPS) is 27.9. The molecule has 0 aliphatic carbocycles. The fraction of sp³-hybridized carbons (Fsp3) is 0.690. The molecule has 4 N–H and O–H groups in total. The Morgan fingerprint density at radius 3 is 1.66 bits per heavy atom. The highest BCUT2D eigenvalue weighted by Crippen LogP contribution is 2.68. The Balaban J connectivity index is 0.000000262. The molecule has 2 aromatic heterocycles. The molecule has 4 unspecified atom stereocenters. The number of carbonyl (C=O) groups excluding carboxylic acids is 1. The van der Waals surface area contributed by atoms with E-state index in [0.29, 0.717) is 18.8 Å². The van der Waals surface area contributed by atoms with Crippen molar-refractivity contribution in [3.05, 3.63) is 65.2 Å². The fourth-order valence-electron chi connectivity index (χ4n) is 5.76. The van der Waals surface area contributed by atoms with E-state index in [1.54, 1.807) is 0 Å². The summed E-state index contributed by atoms with van der Waals surface area (Å²) in [6, 6.07) is 0. The number of aliphatic hydroxyl groups excluding tert-OH is 2. The molecule has 10 atom stereocenters. The van der Waals surface area contributed by atoms with Gasteiger partial charge in [-0.3, -0.25) is 47.2 Å². The van der Waals surface area contributed by atoms with E-state index >= 15 is 0 Å². The number of aromatic amines is 2. The number of H-pyrrole nitrogens is 2. The van der Waals surface area contributed by atoms with Crippen molar-refractivity contribution in [2.24, 2.45) is 0 Å². The Bertz CT molecular complexity index is 2240. The van der Waals surface area contributed by atoms with E-state index in [1.807, 2.05) is 0 Å². The number of ether oxygens (including phenoxy) is 3. The van der Waals surface area contributed by atoms with Gasteiger partial charge in [0.2, 0.25) is 7.75 Å². The maximum absolute atomic E-state index is 12.6. The zero-order valence-corrected chi connectivity index (χ0v) is 35.7. The molecule has 328 valence electrons. The SMILES string of the molecule is CC(=O)OP(C)(=O)OP(C)(=O)OP(C)(=O)OC[C@H]1O[C@@H](n2cc(C)c(=O)[nH]c2=O)C[C@H]1O.Cc1cn([C@H]2C[C@@H](O)[C@@H](COP(=O)([O-])N3CCOCC3)O2)c(=O)[nH]c1=O. The second-order valence-corrected chi connectivity index (χ2v) is 21.6. The van der Waals surface area contributed by atoms with Crippen molar-refractivity contribution < 1.29 is 74.6 Å². The molecular weight excluding hydrogens is 862 g/mol. The van der Waals surface area contributed by atoms with Crippen molar-refractivity contribution in [2.75, 3.05) is 59.5 Å². The minimum atomic E-state index is -4.27. The van der Waals surface area contributed by atoms with Gasteiger partial charge in [0.1, 0.15) is 24.7 Å². The van der Waals surface area contributed by atoms with Crippen molar-refractivity contribution in [3.8, 4) is 0 Å². The number of nitrogens with zero attached hydrogens (tertiary/aromatic N) is 3. The van der Waals surface area contributed by atoms with E-state index in [2.05, 4.69) is 14.5 Å². The summed E-state index contributed by atoms with van der Waals surface area (Å²) in [5.41, 5.74) is -1.87. The van der Waals surface area contributed by atoms with E-state index in [0.717, 1.165) is 31.5 Å². The Kier molecular flexibility index (Phi) is 16.0. The molecule has 0 aromatic carbocycles. The standard InChI is InChI=1S/C15H25N2O12P3.C14H22N3O8P/c1-9-7-17(15(21)16-14(9)20)13-6-11(19)12(26-13)8-25-30(3,22)28-32(5,24)29-31(4,23)27-10(2)18;1-9-7-17(14(20)15-13(9)19)12-6-10(18)11(25-12)8-24-26(21,22)16-2-4-23-5-3-16/h7,11-13,19H,6,8H2,1-5H3,(H,16,20,21);7,10-12,18H,2-6,8H2,1H3,(H,21,22)(H,15,19,20)/p-1/t11-,12-,13-,30?,31?,32?;10-,11-,12-/m11/s1. The van der Waals surface area contributed by atoms with Crippen molar-refractivity contribution in [3.63, 3.8) is 0 Å². The largest absolute Gasteiger partial charge is 0.766 e. The summed E-state index contributed by atoms with van der Waals surface area (Å²) in [5, 5.41) is 20.3. The molecule has 0 saturated carbocycles. The molecule has 0 spiro atoms. The van der Waals surface area contributed by atoms with Crippen LogP contribution in [0.3, 0.4) is 0 Å². The first kappa shape index (κ1) is 48.0. The lowest BCUT2D eigenvalue weighted by Gasteiger charge is -2.37. The third kappa shape index (κ3) is 13.4. The molecule has 3 aliphatic heterocycles. The number of carbonyl (C=O) groups is 1. The summed E-state index contributed by atoms with van der Waals surface area (Å²) in [4.78, 5) is 74.3. The van der Waals surface area contributed by atoms with Gasteiger partial charge in [0.25, 0.3) is 11.1 Å². The molecule has 3 fully saturated rings. The molecule has 5 rings (SSSR count). The fourth-order valence-corrected chi connectivity index (χ4v) is 12.8. The minimum Gasteiger partial charge on any atom is -0.766 e. The van der Waals surface area contributed by atoms with Crippen molar-refractivity contribution in [1.82, 2.24) is 23.8 Å². The minimum absolute atomic E-state index is 0.0227. The van der Waals surface area contributed by atoms with Gasteiger partial charge in [0.15, 0.2) is 0 Å². The first-order valence-electron chi connectivity index (χ1n) is 17.4. The Morgan fingerprint density at radius 2 is 1.21 bits per heavy atom. The zero-order valence-electron chi connectivity index (χ0n) is 32.1. The number of hydrogen-bond donors (Lipinski definition) is 4. The van der Waals surface area contributed by atoms with Gasteiger partial charge in [-0.1, -0.05) is 0 Å². The molecule has 0 amide bonds. The maximum Gasteiger partial charge on any atom is 0.385 e. The van der Waals surface area contributed by atoms with Gasteiger partial charge in [-0.25, -0.2) is 27.4 Å². The van der Waals surface area contributed by atoms with Crippen molar-refractivity contribution in [1.29, 1.82) is 0 Å². The van der Waals surface area contributed by atoms with Crippen LogP contribution in [0.15, 0.2) is 31.6 Å². The van der Waals surface area contributed by atoms with Crippen LogP contribution in [0.4, 0.5) is 0 Å². The summed E-state index contributed by atoms with van der Waals surface area (Å²) < 4.78 is 93.1. The van der Waals surface area contributed by atoms with Crippen LogP contribution in [-0.4, -0.2) is 124 Å². The third-order valence-electron chi connectivity index (χ3n) is 8.42. The second kappa shape index (κ2) is 19.4. The quantitative estimate of drug-likeness (QED) is 0.180. The van der Waals surface area contributed by atoms with Crippen LogP contribution < -0.4 is 27.4 Å². The smallest absolute Gasteiger partial charge is 0.385 e. The summed E-state index contributed by atoms with van der Waals surface area (Å²) >= 11 is 0. The van der Waals surface area contributed by atoms with Gasteiger partial charge >= 0.3 is 40.1 Å². The van der Waals surface area contributed by atoms with Crippen LogP contribution in [0, 0.1) is 13.8 Å². The zero-order chi connectivity index (χ0) is 43.4. The monoisotopic (exact) mass is 908 g/mol. The number of rotatable bonds is 14. The maximum atomic E-state index is 12.6. The summed E-state index contributed by atoms with van der Waals surface area (Å²) in [5.74, 6) is -0.939. The van der Waals surface area contributed by atoms with E-state index in [9.17, 15) is 57.3 Å². The number of aliphatic hydroxyl groups is 2. The number of hydrogen-bond acceptors (Lipinski definition) is 20. The van der Waals surface area contributed by atoms with Gasteiger partial charge < -0.3 is 42.9 Å². The Morgan fingerprint density at radius 1 is 0.776 bits per heavy atom. The number of aryl methyl sites for hydroxylation is 2. The molecule has 29 heteroatoms. The molecular formula is C29H46N5O20P4-. The third-order valence-corrected chi connectivity index (χ3v) is 15.9. The predicted molar refractivity (Wildman–Crippen MR) is 198 cm³/mol. The van der Waals surface area contributed by atoms with Crippen molar-refractivity contribution in [2.45, 2.75) is 70.5 Å². The topological polar surface area (TPSA) is 336 Å². The predicted octanol–water partition coefficient (Wildman–Crippen LogP) is -0.114. The van der Waals surface area contributed by atoms with Gasteiger partial charge in [-0.05, 0) is 13.8 Å². The van der Waals surface area contributed by atoms with E-state index in [1.165, 1.54) is 35.5 Å². The van der Waals surface area contributed by atoms with Gasteiger partial charge in [0, 0.05) is 69.7 Å². The Hall–Kier alpha value is -2.69.